The van der Waals surface area contributed by atoms with E-state index in [-0.39, 0.29) is 0 Å². The average molecular weight is 67.1 g/mol. The predicted molar refractivity (Wildman–Crippen MR) is 18.9 cm³/mol. The summed E-state index contributed by atoms with van der Waals surface area (Å²) in [6, 6.07) is 0. The van der Waals surface area contributed by atoms with Crippen molar-refractivity contribution in [1.82, 2.24) is 5.32 Å². The van der Waals surface area contributed by atoms with E-state index in [0.29, 0.717) is 0 Å². The summed E-state index contributed by atoms with van der Waals surface area (Å²) < 4.78 is 0. The number of hydrogen-bond acceptors (Lipinski definition) is 1. The van der Waals surface area contributed by atoms with Gasteiger partial charge < -0.3 is 0 Å². The first-order valence-corrected chi connectivity index (χ1v) is 1.71. The lowest BCUT2D eigenvalue weighted by molar-refractivity contribution is 1.05. The second-order valence-electron chi connectivity index (χ2n) is 0.979. The summed E-state index contributed by atoms with van der Waals surface area (Å²) >= 11 is 0. The SMILES string of the molecule is [C]1CC[C]N1. The van der Waals surface area contributed by atoms with Crippen LogP contribution in [0, 0.1) is 13.1 Å². The van der Waals surface area contributed by atoms with Crippen LogP contribution in [0.1, 0.15) is 12.8 Å². The van der Waals surface area contributed by atoms with E-state index in [1.807, 2.05) is 0 Å². The molecule has 0 unspecified atom stereocenters. The summed E-state index contributed by atoms with van der Waals surface area (Å²) in [6.07, 6.45) is 2.06. The van der Waals surface area contributed by atoms with Crippen LogP contribution >= 0.6 is 0 Å². The van der Waals surface area contributed by atoms with Crippen LogP contribution in [0.2, 0.25) is 0 Å². The monoisotopic (exact) mass is 67.0 g/mol. The quantitative estimate of drug-likeness (QED) is 0.433. The zero-order chi connectivity index (χ0) is 3.54. The molecule has 0 atom stereocenters. The Morgan fingerprint density at radius 3 is 2.00 bits per heavy atom. The summed E-state index contributed by atoms with van der Waals surface area (Å²) in [5.41, 5.74) is 0. The van der Waals surface area contributed by atoms with Gasteiger partial charge in [-0.25, -0.2) is 0 Å². The van der Waals surface area contributed by atoms with E-state index in [2.05, 4.69) is 18.4 Å². The standard InChI is InChI=1S/C4H5N/c1-2-4-5-3-1/h5H,1-2H2. The molecule has 0 spiro atoms. The molecule has 26 valence electrons. The first-order chi connectivity index (χ1) is 2.50. The second-order valence-corrected chi connectivity index (χ2v) is 0.979. The van der Waals surface area contributed by atoms with Gasteiger partial charge >= 0.3 is 0 Å². The van der Waals surface area contributed by atoms with Crippen molar-refractivity contribution in [1.29, 1.82) is 0 Å². The van der Waals surface area contributed by atoms with Gasteiger partial charge in [0.2, 0.25) is 0 Å². The fourth-order valence-corrected chi connectivity index (χ4v) is 0.312. The molecule has 1 N–H and O–H groups in total. The van der Waals surface area contributed by atoms with E-state index in [1.165, 1.54) is 0 Å². The highest BCUT2D eigenvalue weighted by molar-refractivity contribution is 4.79. The molecule has 1 heterocycles. The van der Waals surface area contributed by atoms with Crippen molar-refractivity contribution < 1.29 is 0 Å². The molecular weight excluding hydrogens is 62.1 g/mol. The highest BCUT2D eigenvalue weighted by Crippen LogP contribution is 2.00. The van der Waals surface area contributed by atoms with Crippen molar-refractivity contribution in [3.8, 4) is 0 Å². The molecule has 1 saturated heterocycles. The minimum absolute atomic E-state index is 1.03. The van der Waals surface area contributed by atoms with Crippen LogP contribution in [-0.2, 0) is 0 Å². The Labute approximate surface area is 32.4 Å². The van der Waals surface area contributed by atoms with Gasteiger partial charge in [-0.1, -0.05) is 0 Å². The molecular formula is C4H5N. The minimum atomic E-state index is 1.03. The van der Waals surface area contributed by atoms with Crippen molar-refractivity contribution in [2.24, 2.45) is 0 Å². The van der Waals surface area contributed by atoms with E-state index >= 15 is 0 Å². The van der Waals surface area contributed by atoms with Gasteiger partial charge in [-0.3, -0.25) is 5.32 Å². The minimum Gasteiger partial charge on any atom is -0.299 e. The van der Waals surface area contributed by atoms with Gasteiger partial charge in [0.15, 0.2) is 0 Å². The van der Waals surface area contributed by atoms with Crippen molar-refractivity contribution in [2.75, 3.05) is 0 Å². The third-order valence-electron chi connectivity index (χ3n) is 0.552. The molecule has 1 nitrogen and oxygen atoms in total. The van der Waals surface area contributed by atoms with Gasteiger partial charge in [-0.05, 0) is 12.8 Å². The Kier molecular flexibility index (Phi) is 0.892. The van der Waals surface area contributed by atoms with Crippen LogP contribution in [0.25, 0.3) is 0 Å². The molecule has 0 bridgehead atoms. The van der Waals surface area contributed by atoms with Crippen LogP contribution in [0.3, 0.4) is 0 Å². The summed E-state index contributed by atoms with van der Waals surface area (Å²) in [4.78, 5) is 0. The van der Waals surface area contributed by atoms with Crippen molar-refractivity contribution >= 4 is 0 Å². The normalized spacial score (nSPS) is 24.0. The summed E-state index contributed by atoms with van der Waals surface area (Å²) in [7, 11) is 0. The van der Waals surface area contributed by atoms with Crippen LogP contribution in [0.15, 0.2) is 0 Å². The van der Waals surface area contributed by atoms with E-state index in [1.54, 1.807) is 0 Å². The number of nitrogens with one attached hydrogen (secondary N) is 1. The summed E-state index contributed by atoms with van der Waals surface area (Å²) in [6.45, 7) is 5.72. The van der Waals surface area contributed by atoms with Crippen molar-refractivity contribution in [2.45, 2.75) is 12.8 Å². The molecule has 1 rings (SSSR count). The van der Waals surface area contributed by atoms with Crippen LogP contribution in [0.5, 0.6) is 0 Å². The highest BCUT2D eigenvalue weighted by atomic mass is 14.9. The summed E-state index contributed by atoms with van der Waals surface area (Å²) in [5.74, 6) is 0. The fraction of sp³-hybridized carbons (Fsp3) is 0.500. The lowest BCUT2D eigenvalue weighted by Gasteiger charge is -1.72. The van der Waals surface area contributed by atoms with E-state index in [4.69, 9.17) is 0 Å². The first kappa shape index (κ1) is 3.16. The van der Waals surface area contributed by atoms with Gasteiger partial charge in [0.05, 0.1) is 13.1 Å². The average Bonchev–Trinajstić information content (AvgIpc) is 1.76. The lowest BCUT2D eigenvalue weighted by Crippen LogP contribution is -1.91. The smallest absolute Gasteiger partial charge is 0.0592 e. The van der Waals surface area contributed by atoms with Gasteiger partial charge in [-0.15, -0.1) is 0 Å². The third kappa shape index (κ3) is 0.618. The van der Waals surface area contributed by atoms with E-state index in [0.717, 1.165) is 12.8 Å². The maximum absolute atomic E-state index is 2.86. The van der Waals surface area contributed by atoms with Crippen LogP contribution < -0.4 is 5.32 Å². The Hall–Kier alpha value is -0.0400. The molecule has 0 aromatic heterocycles. The molecule has 1 fully saturated rings. The van der Waals surface area contributed by atoms with E-state index in [9.17, 15) is 0 Å². The lowest BCUT2D eigenvalue weighted by atomic mass is 10.4. The largest absolute Gasteiger partial charge is 0.299 e. The highest BCUT2D eigenvalue weighted by Gasteiger charge is 1.96. The molecule has 0 saturated carbocycles. The zero-order valence-electron chi connectivity index (χ0n) is 2.91. The Balaban J connectivity index is 2.08. The second kappa shape index (κ2) is 1.41. The molecule has 1 aliphatic rings. The molecule has 0 amide bonds. The van der Waals surface area contributed by atoms with Crippen molar-refractivity contribution in [3.05, 3.63) is 13.1 Å². The van der Waals surface area contributed by atoms with Gasteiger partial charge in [0, 0.05) is 0 Å². The third-order valence-corrected chi connectivity index (χ3v) is 0.552. The van der Waals surface area contributed by atoms with Gasteiger partial charge in [-0.2, -0.15) is 0 Å². The zero-order valence-corrected chi connectivity index (χ0v) is 2.91. The molecule has 0 aromatic carbocycles. The van der Waals surface area contributed by atoms with Crippen LogP contribution in [-0.4, -0.2) is 0 Å². The van der Waals surface area contributed by atoms with Gasteiger partial charge in [0.25, 0.3) is 0 Å². The topological polar surface area (TPSA) is 12.0 Å². The number of rotatable bonds is 0. The maximum atomic E-state index is 2.86. The Morgan fingerprint density at radius 1 is 1.20 bits per heavy atom. The molecule has 0 aliphatic carbocycles. The fourth-order valence-electron chi connectivity index (χ4n) is 0.312. The molecule has 0 aromatic rings. The van der Waals surface area contributed by atoms with Gasteiger partial charge in [0.1, 0.15) is 0 Å². The maximum Gasteiger partial charge on any atom is 0.0592 e. The molecule has 1 aliphatic heterocycles. The Morgan fingerprint density at radius 2 is 1.80 bits per heavy atom. The summed E-state index contributed by atoms with van der Waals surface area (Å²) in [5, 5.41) is 2.72. The number of hydrogen-bond donors (Lipinski definition) is 1. The van der Waals surface area contributed by atoms with E-state index < -0.39 is 0 Å². The Bertz CT molecular complexity index is 15.2. The predicted octanol–water partition coefficient (Wildman–Crippen LogP) is 0.447. The van der Waals surface area contributed by atoms with Crippen molar-refractivity contribution in [3.63, 3.8) is 0 Å². The van der Waals surface area contributed by atoms with Crippen LogP contribution in [0.4, 0.5) is 0 Å². The first-order valence-electron chi connectivity index (χ1n) is 1.71. The molecule has 4 radical (unpaired) electrons. The molecule has 5 heavy (non-hydrogen) atoms. The molecule has 1 heteroatoms.